The van der Waals surface area contributed by atoms with E-state index < -0.39 is 22.0 Å². The lowest BCUT2D eigenvalue weighted by Crippen LogP contribution is -2.41. The summed E-state index contributed by atoms with van der Waals surface area (Å²) in [7, 11) is -0.793. The number of benzene rings is 2. The smallest absolute Gasteiger partial charge is 0.242 e. The molecule has 8 heteroatoms. The molecule has 7 nitrogen and oxygen atoms in total. The number of nitrogens with one attached hydrogen (secondary N) is 2. The van der Waals surface area contributed by atoms with Crippen molar-refractivity contribution in [2.24, 2.45) is 0 Å². The second-order valence-electron chi connectivity index (χ2n) is 5.72. The maximum Gasteiger partial charge on any atom is 0.242 e. The number of ether oxygens (including phenoxy) is 2. The van der Waals surface area contributed by atoms with Gasteiger partial charge in [0.05, 0.1) is 25.2 Å². The van der Waals surface area contributed by atoms with Gasteiger partial charge in [0.25, 0.3) is 0 Å². The van der Waals surface area contributed by atoms with Gasteiger partial charge in [0, 0.05) is 11.8 Å². The predicted molar refractivity (Wildman–Crippen MR) is 99.1 cm³/mol. The molecule has 2 rings (SSSR count). The minimum absolute atomic E-state index is 0.105. The molecule has 2 aromatic rings. The van der Waals surface area contributed by atoms with Crippen LogP contribution in [-0.4, -0.2) is 34.6 Å². The molecule has 0 aliphatic carbocycles. The zero-order chi connectivity index (χ0) is 19.3. The van der Waals surface area contributed by atoms with Crippen LogP contribution in [0.2, 0.25) is 0 Å². The number of rotatable bonds is 7. The Hall–Kier alpha value is -2.58. The van der Waals surface area contributed by atoms with E-state index in [2.05, 4.69) is 10.0 Å². The molecule has 26 heavy (non-hydrogen) atoms. The molecular weight excluding hydrogens is 356 g/mol. The number of amides is 1. The summed E-state index contributed by atoms with van der Waals surface area (Å²) < 4.78 is 37.4. The van der Waals surface area contributed by atoms with Crippen molar-refractivity contribution in [3.05, 3.63) is 48.0 Å². The fourth-order valence-electron chi connectivity index (χ4n) is 2.24. The van der Waals surface area contributed by atoms with Crippen LogP contribution in [0.15, 0.2) is 47.4 Å². The maximum absolute atomic E-state index is 12.4. The Labute approximate surface area is 153 Å². The van der Waals surface area contributed by atoms with Gasteiger partial charge in [0.15, 0.2) is 11.5 Å². The normalized spacial score (nSPS) is 12.3. The van der Waals surface area contributed by atoms with E-state index in [9.17, 15) is 13.2 Å². The Morgan fingerprint density at radius 2 is 1.62 bits per heavy atom. The van der Waals surface area contributed by atoms with Crippen molar-refractivity contribution < 1.29 is 22.7 Å². The molecule has 0 spiro atoms. The van der Waals surface area contributed by atoms with Gasteiger partial charge in [0.1, 0.15) is 0 Å². The van der Waals surface area contributed by atoms with E-state index >= 15 is 0 Å². The van der Waals surface area contributed by atoms with Gasteiger partial charge in [-0.3, -0.25) is 4.79 Å². The second-order valence-corrected chi connectivity index (χ2v) is 7.43. The zero-order valence-corrected chi connectivity index (χ0v) is 15.9. The number of methoxy groups -OCH3 is 2. The number of carbonyl (C=O) groups is 1. The van der Waals surface area contributed by atoms with Crippen LogP contribution >= 0.6 is 0 Å². The quantitative estimate of drug-likeness (QED) is 0.771. The van der Waals surface area contributed by atoms with Crippen molar-refractivity contribution in [1.82, 2.24) is 4.72 Å². The summed E-state index contributed by atoms with van der Waals surface area (Å²) in [5.41, 5.74) is 1.41. The Bertz CT molecular complexity index is 879. The molecule has 0 radical (unpaired) electrons. The van der Waals surface area contributed by atoms with Crippen LogP contribution in [0.5, 0.6) is 11.5 Å². The van der Waals surface area contributed by atoms with Gasteiger partial charge >= 0.3 is 0 Å². The molecule has 0 aromatic heterocycles. The fraction of sp³-hybridized carbons (Fsp3) is 0.278. The molecule has 0 heterocycles. The van der Waals surface area contributed by atoms with Crippen LogP contribution in [0.4, 0.5) is 5.69 Å². The number of aryl methyl sites for hydroxylation is 1. The summed E-state index contributed by atoms with van der Waals surface area (Å²) in [5, 5.41) is 2.65. The number of hydrogen-bond acceptors (Lipinski definition) is 5. The molecule has 0 saturated heterocycles. The lowest BCUT2D eigenvalue weighted by Gasteiger charge is -2.15. The first kappa shape index (κ1) is 19.7. The van der Waals surface area contributed by atoms with E-state index in [-0.39, 0.29) is 4.90 Å². The Morgan fingerprint density at radius 1 is 1.00 bits per heavy atom. The summed E-state index contributed by atoms with van der Waals surface area (Å²) in [5.74, 6) is 0.490. The number of sulfonamides is 1. The van der Waals surface area contributed by atoms with Crippen molar-refractivity contribution >= 4 is 21.6 Å². The van der Waals surface area contributed by atoms with Gasteiger partial charge in [-0.2, -0.15) is 4.72 Å². The molecule has 2 aromatic carbocycles. The highest BCUT2D eigenvalue weighted by Gasteiger charge is 2.22. The van der Waals surface area contributed by atoms with Gasteiger partial charge in [0.2, 0.25) is 15.9 Å². The first-order valence-corrected chi connectivity index (χ1v) is 9.37. The van der Waals surface area contributed by atoms with Gasteiger partial charge in [-0.25, -0.2) is 8.42 Å². The van der Waals surface area contributed by atoms with Gasteiger partial charge in [-0.15, -0.1) is 0 Å². The summed E-state index contributed by atoms with van der Waals surface area (Å²) in [6.07, 6.45) is 0. The van der Waals surface area contributed by atoms with Crippen LogP contribution < -0.4 is 19.5 Å². The third-order valence-corrected chi connectivity index (χ3v) is 5.26. The van der Waals surface area contributed by atoms with Crippen molar-refractivity contribution in [1.29, 1.82) is 0 Å². The average Bonchev–Trinajstić information content (AvgIpc) is 2.61. The summed E-state index contributed by atoms with van der Waals surface area (Å²) >= 11 is 0. The van der Waals surface area contributed by atoms with Gasteiger partial charge in [-0.05, 0) is 38.1 Å². The summed E-state index contributed by atoms with van der Waals surface area (Å²) in [6.45, 7) is 3.34. The Balaban J connectivity index is 2.09. The minimum atomic E-state index is -3.79. The van der Waals surface area contributed by atoms with Crippen molar-refractivity contribution in [3.63, 3.8) is 0 Å². The van der Waals surface area contributed by atoms with Crippen molar-refractivity contribution in [2.75, 3.05) is 19.5 Å². The van der Waals surface area contributed by atoms with E-state index in [0.29, 0.717) is 17.2 Å². The number of carbonyl (C=O) groups excluding carboxylic acids is 1. The molecule has 140 valence electrons. The van der Waals surface area contributed by atoms with Crippen molar-refractivity contribution in [2.45, 2.75) is 24.8 Å². The minimum Gasteiger partial charge on any atom is -0.493 e. The van der Waals surface area contributed by atoms with Crippen LogP contribution in [0, 0.1) is 6.92 Å². The lowest BCUT2D eigenvalue weighted by atomic mass is 10.2. The van der Waals surface area contributed by atoms with Crippen LogP contribution in [0.1, 0.15) is 12.5 Å². The maximum atomic E-state index is 12.4. The molecule has 1 atom stereocenters. The van der Waals surface area contributed by atoms with Gasteiger partial charge in [-0.1, -0.05) is 17.7 Å². The topological polar surface area (TPSA) is 93.7 Å². The molecule has 0 fully saturated rings. The third kappa shape index (κ3) is 4.74. The van der Waals surface area contributed by atoms with Crippen LogP contribution in [-0.2, 0) is 14.8 Å². The average molecular weight is 378 g/mol. The fourth-order valence-corrected chi connectivity index (χ4v) is 3.44. The lowest BCUT2D eigenvalue weighted by molar-refractivity contribution is -0.117. The Morgan fingerprint density at radius 3 is 2.19 bits per heavy atom. The molecule has 2 N–H and O–H groups in total. The van der Waals surface area contributed by atoms with E-state index in [1.807, 2.05) is 6.92 Å². The molecular formula is C18H22N2O5S. The van der Waals surface area contributed by atoms with Crippen LogP contribution in [0.3, 0.4) is 0 Å². The highest BCUT2D eigenvalue weighted by molar-refractivity contribution is 7.89. The largest absolute Gasteiger partial charge is 0.493 e. The highest BCUT2D eigenvalue weighted by Crippen LogP contribution is 2.29. The summed E-state index contributed by atoms with van der Waals surface area (Å²) in [6, 6.07) is 10.3. The standard InChI is InChI=1S/C18H22N2O5S/c1-12-5-8-15(9-6-12)26(22,23)20-13(2)18(21)19-14-7-10-16(24-3)17(11-14)25-4/h5-11,13,20H,1-4H3,(H,19,21). The molecule has 0 aliphatic rings. The second kappa shape index (κ2) is 8.20. The Kier molecular flexibility index (Phi) is 6.23. The number of hydrogen-bond donors (Lipinski definition) is 2. The monoisotopic (exact) mass is 378 g/mol. The molecule has 1 unspecified atom stereocenters. The predicted octanol–water partition coefficient (Wildman–Crippen LogP) is 2.32. The molecule has 0 saturated carbocycles. The van der Waals surface area contributed by atoms with Gasteiger partial charge < -0.3 is 14.8 Å². The van der Waals surface area contributed by atoms with E-state index in [4.69, 9.17) is 9.47 Å². The van der Waals surface area contributed by atoms with E-state index in [1.54, 1.807) is 30.3 Å². The van der Waals surface area contributed by atoms with Crippen molar-refractivity contribution in [3.8, 4) is 11.5 Å². The first-order chi connectivity index (χ1) is 12.3. The van der Waals surface area contributed by atoms with E-state index in [1.165, 1.54) is 33.3 Å². The van der Waals surface area contributed by atoms with E-state index in [0.717, 1.165) is 5.56 Å². The first-order valence-electron chi connectivity index (χ1n) is 7.88. The molecule has 0 bridgehead atoms. The SMILES string of the molecule is COc1ccc(NC(=O)C(C)NS(=O)(=O)c2ccc(C)cc2)cc1OC. The molecule has 0 aliphatic heterocycles. The third-order valence-electron chi connectivity index (χ3n) is 3.71. The zero-order valence-electron chi connectivity index (χ0n) is 15.1. The van der Waals surface area contributed by atoms with Crippen LogP contribution in [0.25, 0.3) is 0 Å². The number of anilines is 1. The summed E-state index contributed by atoms with van der Waals surface area (Å²) in [4.78, 5) is 12.4. The highest BCUT2D eigenvalue weighted by atomic mass is 32.2. The molecule has 1 amide bonds.